The van der Waals surface area contributed by atoms with Crippen molar-refractivity contribution in [1.29, 1.82) is 0 Å². The zero-order chi connectivity index (χ0) is 16.9. The lowest BCUT2D eigenvalue weighted by Gasteiger charge is -2.31. The largest absolute Gasteiger partial charge is 0.481 e. The number of urea groups is 1. The van der Waals surface area contributed by atoms with E-state index < -0.39 is 23.9 Å². The van der Waals surface area contributed by atoms with E-state index in [1.807, 2.05) is 13.8 Å². The van der Waals surface area contributed by atoms with Crippen LogP contribution >= 0.6 is 0 Å². The number of amides is 2. The summed E-state index contributed by atoms with van der Waals surface area (Å²) in [6.45, 7) is 4.55. The second kappa shape index (κ2) is 7.98. The van der Waals surface area contributed by atoms with Gasteiger partial charge in [0.1, 0.15) is 0 Å². The molecule has 0 aromatic carbocycles. The molecule has 1 aliphatic rings. The molecule has 126 valence electrons. The van der Waals surface area contributed by atoms with Crippen LogP contribution in [0.5, 0.6) is 0 Å². The predicted molar refractivity (Wildman–Crippen MR) is 79.4 cm³/mol. The van der Waals surface area contributed by atoms with Crippen molar-refractivity contribution in [3.05, 3.63) is 0 Å². The third kappa shape index (κ3) is 4.87. The summed E-state index contributed by atoms with van der Waals surface area (Å²) in [5.74, 6) is -2.57. The summed E-state index contributed by atoms with van der Waals surface area (Å²) in [5, 5.41) is 17.7. The molecule has 8 nitrogen and oxygen atoms in total. The topological polar surface area (TPSA) is 124 Å². The van der Waals surface area contributed by atoms with Gasteiger partial charge in [0.05, 0.1) is 5.92 Å². The number of rotatable bonds is 7. The molecule has 0 aromatic heterocycles. The maximum Gasteiger partial charge on any atom is 0.320 e. The maximum atomic E-state index is 12.5. The molecular weight excluding hydrogens is 290 g/mol. The van der Waals surface area contributed by atoms with Crippen LogP contribution in [0.4, 0.5) is 4.79 Å². The van der Waals surface area contributed by atoms with Crippen molar-refractivity contribution >= 4 is 18.0 Å². The molecule has 0 spiro atoms. The molecule has 8 heteroatoms. The van der Waals surface area contributed by atoms with Gasteiger partial charge in [-0.25, -0.2) is 4.79 Å². The molecule has 0 unspecified atom stereocenters. The Bertz CT molecular complexity index is 427. The Balaban J connectivity index is 2.58. The van der Waals surface area contributed by atoms with Crippen LogP contribution in [0.15, 0.2) is 0 Å². The number of hydrogen-bond acceptors (Lipinski definition) is 4. The Labute approximate surface area is 129 Å². The van der Waals surface area contributed by atoms with E-state index in [4.69, 9.17) is 15.9 Å². The van der Waals surface area contributed by atoms with Crippen LogP contribution in [0.3, 0.4) is 0 Å². The van der Waals surface area contributed by atoms with Crippen LogP contribution in [0.1, 0.15) is 33.1 Å². The van der Waals surface area contributed by atoms with Gasteiger partial charge in [0, 0.05) is 38.1 Å². The number of nitrogens with zero attached hydrogens (tertiary/aromatic N) is 2. The summed E-state index contributed by atoms with van der Waals surface area (Å²) in [5.41, 5.74) is 5.78. The second-order valence-corrected chi connectivity index (χ2v) is 5.93. The zero-order valence-corrected chi connectivity index (χ0v) is 13.1. The lowest BCUT2D eigenvalue weighted by molar-refractivity contribution is -0.141. The lowest BCUT2D eigenvalue weighted by atomic mass is 10.1. The van der Waals surface area contributed by atoms with Gasteiger partial charge in [-0.1, -0.05) is 0 Å². The average Bonchev–Trinajstić information content (AvgIpc) is 2.79. The van der Waals surface area contributed by atoms with Gasteiger partial charge < -0.3 is 25.7 Å². The highest BCUT2D eigenvalue weighted by molar-refractivity contribution is 5.78. The fraction of sp³-hybridized carbons (Fsp3) is 0.786. The molecule has 0 bridgehead atoms. The van der Waals surface area contributed by atoms with E-state index in [2.05, 4.69) is 0 Å². The normalized spacial score (nSPS) is 21.2. The molecule has 0 radical (unpaired) electrons. The van der Waals surface area contributed by atoms with E-state index >= 15 is 0 Å². The SMILES string of the molecule is CC(C)N(CCCCC(=O)O)C(=O)N1C[C@@H](N)[C@@H](C(=O)O)C1. The summed E-state index contributed by atoms with van der Waals surface area (Å²) in [6, 6.07) is -0.829. The average molecular weight is 315 g/mol. The van der Waals surface area contributed by atoms with Gasteiger partial charge in [-0.3, -0.25) is 9.59 Å². The van der Waals surface area contributed by atoms with Crippen LogP contribution in [0.25, 0.3) is 0 Å². The molecule has 0 saturated carbocycles. The predicted octanol–water partition coefficient (Wildman–Crippen LogP) is 0.415. The zero-order valence-electron chi connectivity index (χ0n) is 13.1. The number of nitrogens with two attached hydrogens (primary N) is 1. The van der Waals surface area contributed by atoms with E-state index in [0.29, 0.717) is 19.4 Å². The first-order valence-corrected chi connectivity index (χ1v) is 7.49. The van der Waals surface area contributed by atoms with Gasteiger partial charge in [-0.15, -0.1) is 0 Å². The van der Waals surface area contributed by atoms with Crippen molar-refractivity contribution in [2.45, 2.75) is 45.2 Å². The highest BCUT2D eigenvalue weighted by Gasteiger charge is 2.39. The Hall–Kier alpha value is -1.83. The van der Waals surface area contributed by atoms with E-state index in [1.54, 1.807) is 4.90 Å². The number of hydrogen-bond donors (Lipinski definition) is 3. The van der Waals surface area contributed by atoms with Gasteiger partial charge >= 0.3 is 18.0 Å². The molecule has 2 amide bonds. The molecule has 2 atom stereocenters. The van der Waals surface area contributed by atoms with Crippen molar-refractivity contribution in [2.24, 2.45) is 11.7 Å². The smallest absolute Gasteiger partial charge is 0.320 e. The minimum atomic E-state index is -0.986. The fourth-order valence-electron chi connectivity index (χ4n) is 2.56. The van der Waals surface area contributed by atoms with Crippen molar-refractivity contribution in [1.82, 2.24) is 9.80 Å². The van der Waals surface area contributed by atoms with Crippen molar-refractivity contribution in [3.63, 3.8) is 0 Å². The highest BCUT2D eigenvalue weighted by Crippen LogP contribution is 2.18. The minimum absolute atomic E-state index is 0.0440. The molecule has 0 aliphatic carbocycles. The van der Waals surface area contributed by atoms with Crippen molar-refractivity contribution in [3.8, 4) is 0 Å². The molecule has 1 rings (SSSR count). The Kier molecular flexibility index (Phi) is 6.61. The fourth-order valence-corrected chi connectivity index (χ4v) is 2.56. The van der Waals surface area contributed by atoms with Gasteiger partial charge in [0.2, 0.25) is 0 Å². The minimum Gasteiger partial charge on any atom is -0.481 e. The number of unbranched alkanes of at least 4 members (excludes halogenated alkanes) is 1. The Morgan fingerprint density at radius 2 is 1.86 bits per heavy atom. The quantitative estimate of drug-likeness (QED) is 0.585. The monoisotopic (exact) mass is 315 g/mol. The number of aliphatic carboxylic acids is 2. The van der Waals surface area contributed by atoms with E-state index in [9.17, 15) is 14.4 Å². The van der Waals surface area contributed by atoms with Crippen LogP contribution in [-0.2, 0) is 9.59 Å². The molecule has 1 saturated heterocycles. The number of carboxylic acid groups (broad SMARTS) is 2. The van der Waals surface area contributed by atoms with E-state index in [-0.39, 0.29) is 31.6 Å². The van der Waals surface area contributed by atoms with E-state index in [1.165, 1.54) is 4.90 Å². The van der Waals surface area contributed by atoms with Crippen LogP contribution in [0, 0.1) is 5.92 Å². The summed E-state index contributed by atoms with van der Waals surface area (Å²) in [4.78, 5) is 37.2. The summed E-state index contributed by atoms with van der Waals surface area (Å²) < 4.78 is 0. The Morgan fingerprint density at radius 3 is 2.32 bits per heavy atom. The molecule has 4 N–H and O–H groups in total. The summed E-state index contributed by atoms with van der Waals surface area (Å²) in [7, 11) is 0. The highest BCUT2D eigenvalue weighted by atomic mass is 16.4. The van der Waals surface area contributed by atoms with Crippen molar-refractivity contribution < 1.29 is 24.6 Å². The third-order valence-corrected chi connectivity index (χ3v) is 3.86. The first-order chi connectivity index (χ1) is 10.2. The lowest BCUT2D eigenvalue weighted by Crippen LogP contribution is -2.46. The first-order valence-electron chi connectivity index (χ1n) is 7.49. The first kappa shape index (κ1) is 18.2. The standard InChI is InChI=1S/C14H25N3O5/c1-9(2)17(6-4-3-5-12(18)19)14(22)16-7-10(13(20)21)11(15)8-16/h9-11H,3-8,15H2,1-2H3,(H,18,19)(H,20,21)/t10-,11+/m0/s1. The maximum absolute atomic E-state index is 12.5. The van der Waals surface area contributed by atoms with Crippen LogP contribution < -0.4 is 5.73 Å². The second-order valence-electron chi connectivity index (χ2n) is 5.93. The molecule has 1 fully saturated rings. The molecule has 1 heterocycles. The van der Waals surface area contributed by atoms with Crippen molar-refractivity contribution in [2.75, 3.05) is 19.6 Å². The molecule has 1 aliphatic heterocycles. The number of carboxylic acids is 2. The van der Waals surface area contributed by atoms with Crippen LogP contribution in [0.2, 0.25) is 0 Å². The summed E-state index contributed by atoms with van der Waals surface area (Å²) >= 11 is 0. The Morgan fingerprint density at radius 1 is 1.23 bits per heavy atom. The molecule has 22 heavy (non-hydrogen) atoms. The van der Waals surface area contributed by atoms with Gasteiger partial charge in [-0.05, 0) is 26.7 Å². The van der Waals surface area contributed by atoms with Crippen LogP contribution in [-0.4, -0.2) is 69.7 Å². The molecular formula is C14H25N3O5. The van der Waals surface area contributed by atoms with Gasteiger partial charge in [0.25, 0.3) is 0 Å². The van der Waals surface area contributed by atoms with Gasteiger partial charge in [0.15, 0.2) is 0 Å². The number of carbonyl (C=O) groups is 3. The molecule has 0 aromatic rings. The third-order valence-electron chi connectivity index (χ3n) is 3.86. The number of carbonyl (C=O) groups excluding carboxylic acids is 1. The number of likely N-dealkylation sites (tertiary alicyclic amines) is 1. The van der Waals surface area contributed by atoms with Gasteiger partial charge in [-0.2, -0.15) is 0 Å². The summed E-state index contributed by atoms with van der Waals surface area (Å²) in [6.07, 6.45) is 1.18. The van der Waals surface area contributed by atoms with E-state index in [0.717, 1.165) is 0 Å².